The van der Waals surface area contributed by atoms with E-state index in [1.165, 1.54) is 7.11 Å². The molecule has 80 valence electrons. The van der Waals surface area contributed by atoms with E-state index in [1.54, 1.807) is 0 Å². The summed E-state index contributed by atoms with van der Waals surface area (Å²) in [7, 11) is 1.39. The fourth-order valence-corrected chi connectivity index (χ4v) is 2.32. The third kappa shape index (κ3) is 2.05. The predicted octanol–water partition coefficient (Wildman–Crippen LogP) is 1.82. The third-order valence-corrected chi connectivity index (χ3v) is 2.80. The van der Waals surface area contributed by atoms with Gasteiger partial charge in [0.05, 0.1) is 18.2 Å². The molecule has 0 amide bonds. The summed E-state index contributed by atoms with van der Waals surface area (Å²) in [6.07, 6.45) is 2.06. The third-order valence-electron chi connectivity index (χ3n) is 2.80. The number of carbonyl (C=O) groups is 1. The van der Waals surface area contributed by atoms with Crippen LogP contribution in [0.15, 0.2) is 5.16 Å². The van der Waals surface area contributed by atoms with Crippen molar-refractivity contribution in [3.63, 3.8) is 0 Å². The van der Waals surface area contributed by atoms with Crippen LogP contribution in [0.3, 0.4) is 0 Å². The number of nitrogens with zero attached hydrogens (tertiary/aromatic N) is 1. The summed E-state index contributed by atoms with van der Waals surface area (Å²) in [6.45, 7) is 3.91. The first-order valence-electron chi connectivity index (χ1n) is 4.80. The minimum absolute atomic E-state index is 0.217. The molecule has 0 saturated heterocycles. The van der Waals surface area contributed by atoms with E-state index in [0.29, 0.717) is 18.1 Å². The van der Waals surface area contributed by atoms with Crippen LogP contribution in [0.1, 0.15) is 33.1 Å². The Hall–Kier alpha value is -1.06. The van der Waals surface area contributed by atoms with E-state index in [9.17, 15) is 4.79 Å². The van der Waals surface area contributed by atoms with Crippen molar-refractivity contribution in [1.29, 1.82) is 0 Å². The highest BCUT2D eigenvalue weighted by Crippen LogP contribution is 2.38. The van der Waals surface area contributed by atoms with Gasteiger partial charge in [-0.25, -0.2) is 0 Å². The van der Waals surface area contributed by atoms with Gasteiger partial charge in [0.15, 0.2) is 0 Å². The minimum Gasteiger partial charge on any atom is -0.469 e. The van der Waals surface area contributed by atoms with Crippen molar-refractivity contribution in [2.24, 2.45) is 16.5 Å². The normalized spacial score (nSPS) is 35.6. The van der Waals surface area contributed by atoms with Crippen molar-refractivity contribution < 1.29 is 14.7 Å². The fourth-order valence-electron chi connectivity index (χ4n) is 2.32. The standard InChI is InChI=1S/C10H17NO3/c1-7-4-8(11-13)6-10(2,5-7)9(12)14-3/h7,13H,4-6H2,1-3H3. The van der Waals surface area contributed by atoms with Crippen LogP contribution in [0.25, 0.3) is 0 Å². The summed E-state index contributed by atoms with van der Waals surface area (Å²) in [4.78, 5) is 11.5. The number of ether oxygens (including phenoxy) is 1. The van der Waals surface area contributed by atoms with Crippen molar-refractivity contribution in [3.05, 3.63) is 0 Å². The Morgan fingerprint density at radius 3 is 2.86 bits per heavy atom. The van der Waals surface area contributed by atoms with Crippen molar-refractivity contribution in [3.8, 4) is 0 Å². The van der Waals surface area contributed by atoms with E-state index in [0.717, 1.165) is 12.8 Å². The van der Waals surface area contributed by atoms with Gasteiger partial charge in [0.1, 0.15) is 0 Å². The molecule has 0 heterocycles. The zero-order valence-electron chi connectivity index (χ0n) is 8.91. The number of oxime groups is 1. The first kappa shape index (κ1) is 11.0. The average Bonchev–Trinajstić information content (AvgIpc) is 2.15. The number of esters is 1. The molecule has 0 radical (unpaired) electrons. The van der Waals surface area contributed by atoms with Gasteiger partial charge in [-0.15, -0.1) is 0 Å². The molecular formula is C10H17NO3. The Morgan fingerprint density at radius 2 is 2.36 bits per heavy atom. The van der Waals surface area contributed by atoms with Gasteiger partial charge in [-0.2, -0.15) is 0 Å². The van der Waals surface area contributed by atoms with Crippen LogP contribution in [0.4, 0.5) is 0 Å². The zero-order valence-corrected chi connectivity index (χ0v) is 8.91. The molecule has 0 spiro atoms. The molecule has 1 aliphatic rings. The molecular weight excluding hydrogens is 182 g/mol. The maximum Gasteiger partial charge on any atom is 0.311 e. The molecule has 4 heteroatoms. The second-order valence-corrected chi connectivity index (χ2v) is 4.41. The van der Waals surface area contributed by atoms with Crippen molar-refractivity contribution >= 4 is 11.7 Å². The Kier molecular flexibility index (Phi) is 3.13. The van der Waals surface area contributed by atoms with Gasteiger partial charge < -0.3 is 9.94 Å². The lowest BCUT2D eigenvalue weighted by molar-refractivity contribution is -0.152. The summed E-state index contributed by atoms with van der Waals surface area (Å²) in [5.74, 6) is 0.143. The van der Waals surface area contributed by atoms with E-state index in [1.807, 2.05) is 13.8 Å². The maximum atomic E-state index is 11.5. The highest BCUT2D eigenvalue weighted by atomic mass is 16.5. The van der Waals surface area contributed by atoms with Crippen LogP contribution in [-0.2, 0) is 9.53 Å². The molecule has 2 unspecified atom stereocenters. The molecule has 2 atom stereocenters. The largest absolute Gasteiger partial charge is 0.469 e. The Morgan fingerprint density at radius 1 is 1.71 bits per heavy atom. The van der Waals surface area contributed by atoms with Crippen LogP contribution in [0, 0.1) is 11.3 Å². The molecule has 1 rings (SSSR count). The number of hydrogen-bond donors (Lipinski definition) is 1. The van der Waals surface area contributed by atoms with Crippen molar-refractivity contribution in [1.82, 2.24) is 0 Å². The Bertz CT molecular complexity index is 262. The van der Waals surface area contributed by atoms with Gasteiger partial charge in [-0.05, 0) is 25.7 Å². The lowest BCUT2D eigenvalue weighted by Crippen LogP contribution is -2.37. The molecule has 0 bridgehead atoms. The topological polar surface area (TPSA) is 58.9 Å². The van der Waals surface area contributed by atoms with Gasteiger partial charge in [-0.1, -0.05) is 12.1 Å². The number of rotatable bonds is 1. The molecule has 1 fully saturated rings. The van der Waals surface area contributed by atoms with Crippen LogP contribution in [0.2, 0.25) is 0 Å². The predicted molar refractivity (Wildman–Crippen MR) is 52.4 cm³/mol. The smallest absolute Gasteiger partial charge is 0.311 e. The summed E-state index contributed by atoms with van der Waals surface area (Å²) in [5.41, 5.74) is 0.171. The minimum atomic E-state index is -0.520. The van der Waals surface area contributed by atoms with Crippen LogP contribution in [-0.4, -0.2) is 24.0 Å². The van der Waals surface area contributed by atoms with Crippen LogP contribution < -0.4 is 0 Å². The van der Waals surface area contributed by atoms with Crippen molar-refractivity contribution in [2.45, 2.75) is 33.1 Å². The Balaban J connectivity index is 2.83. The van der Waals surface area contributed by atoms with Gasteiger partial charge >= 0.3 is 5.97 Å². The molecule has 1 N–H and O–H groups in total. The van der Waals surface area contributed by atoms with E-state index in [2.05, 4.69) is 5.16 Å². The second-order valence-electron chi connectivity index (χ2n) is 4.41. The highest BCUT2D eigenvalue weighted by Gasteiger charge is 2.41. The van der Waals surface area contributed by atoms with E-state index >= 15 is 0 Å². The second kappa shape index (κ2) is 3.98. The lowest BCUT2D eigenvalue weighted by Gasteiger charge is -2.34. The number of carbonyl (C=O) groups excluding carboxylic acids is 1. The maximum absolute atomic E-state index is 11.5. The lowest BCUT2D eigenvalue weighted by atomic mass is 9.70. The van der Waals surface area contributed by atoms with Gasteiger partial charge in [0.2, 0.25) is 0 Å². The van der Waals surface area contributed by atoms with E-state index < -0.39 is 5.41 Å². The quantitative estimate of drug-likeness (QED) is 0.398. The molecule has 4 nitrogen and oxygen atoms in total. The fraction of sp³-hybridized carbons (Fsp3) is 0.800. The molecule has 0 aromatic heterocycles. The van der Waals surface area contributed by atoms with Crippen molar-refractivity contribution in [2.75, 3.05) is 7.11 Å². The molecule has 0 aromatic rings. The van der Waals surface area contributed by atoms with E-state index in [4.69, 9.17) is 9.94 Å². The molecule has 1 aliphatic carbocycles. The van der Waals surface area contributed by atoms with Gasteiger partial charge in [-0.3, -0.25) is 4.79 Å². The molecule has 14 heavy (non-hydrogen) atoms. The number of hydrogen-bond acceptors (Lipinski definition) is 4. The monoisotopic (exact) mass is 199 g/mol. The van der Waals surface area contributed by atoms with Crippen LogP contribution in [0.5, 0.6) is 0 Å². The average molecular weight is 199 g/mol. The summed E-state index contributed by atoms with van der Waals surface area (Å²) < 4.78 is 4.76. The molecule has 0 aliphatic heterocycles. The molecule has 0 aromatic carbocycles. The van der Waals surface area contributed by atoms with E-state index in [-0.39, 0.29) is 5.97 Å². The first-order chi connectivity index (χ1) is 6.51. The SMILES string of the molecule is COC(=O)C1(C)CC(=NO)CC(C)C1. The number of methoxy groups -OCH3 is 1. The highest BCUT2D eigenvalue weighted by molar-refractivity contribution is 5.91. The zero-order chi connectivity index (χ0) is 10.8. The van der Waals surface area contributed by atoms with Gasteiger partial charge in [0.25, 0.3) is 0 Å². The summed E-state index contributed by atoms with van der Waals surface area (Å²) in [5, 5.41) is 12.0. The van der Waals surface area contributed by atoms with Crippen LogP contribution >= 0.6 is 0 Å². The summed E-state index contributed by atoms with van der Waals surface area (Å²) >= 11 is 0. The summed E-state index contributed by atoms with van der Waals surface area (Å²) in [6, 6.07) is 0. The van der Waals surface area contributed by atoms with Gasteiger partial charge in [0, 0.05) is 6.42 Å². The Labute approximate surface area is 83.9 Å². The first-order valence-corrected chi connectivity index (χ1v) is 4.80. The molecule has 1 saturated carbocycles.